The Morgan fingerprint density at radius 3 is 1.27 bits per heavy atom. The predicted octanol–water partition coefficient (Wildman–Crippen LogP) is 25.8. The van der Waals surface area contributed by atoms with E-state index < -0.39 is 0 Å². The zero-order chi connectivity index (χ0) is 63.6. The van der Waals surface area contributed by atoms with E-state index in [-0.39, 0.29) is 21.7 Å². The van der Waals surface area contributed by atoms with Crippen molar-refractivity contribution in [2.75, 3.05) is 9.80 Å². The van der Waals surface area contributed by atoms with Crippen LogP contribution in [-0.4, -0.2) is 0 Å². The summed E-state index contributed by atoms with van der Waals surface area (Å²) < 4.78 is 0. The van der Waals surface area contributed by atoms with Crippen molar-refractivity contribution in [1.29, 1.82) is 0 Å². The molecular weight excluding hydrogens is 1080 g/mol. The first-order chi connectivity index (χ1) is 42.8. The molecule has 456 valence electrons. The number of aryl methyl sites for hydroxylation is 2. The van der Waals surface area contributed by atoms with Crippen LogP contribution in [-0.2, 0) is 17.3 Å². The largest absolute Gasteiger partial charge is 0.313 e. The van der Waals surface area contributed by atoms with Crippen molar-refractivity contribution in [2.45, 2.75) is 147 Å². The molecule has 2 aliphatic rings. The highest BCUT2D eigenvalue weighted by Crippen LogP contribution is 2.51. The van der Waals surface area contributed by atoms with Crippen molar-refractivity contribution in [1.82, 2.24) is 0 Å². The lowest BCUT2D eigenvalue weighted by atomic mass is 9.72. The molecule has 2 aliphatic carbocycles. The predicted molar refractivity (Wildman–Crippen MR) is 392 cm³/mol. The lowest BCUT2D eigenvalue weighted by Crippen LogP contribution is -2.26. The molecule has 0 radical (unpaired) electrons. The van der Waals surface area contributed by atoms with Gasteiger partial charge in [-0.3, -0.25) is 0 Å². The van der Waals surface area contributed by atoms with Crippen LogP contribution in [0.2, 0.25) is 0 Å². The maximum Gasteiger partial charge on any atom is 0.0546 e. The van der Waals surface area contributed by atoms with E-state index in [4.69, 9.17) is 0 Å². The van der Waals surface area contributed by atoms with Gasteiger partial charge in [0.25, 0.3) is 0 Å². The zero-order valence-corrected chi connectivity index (χ0v) is 56.7. The fraction of sp³-hybridized carbons (Fsp3) is 0.295. The minimum absolute atomic E-state index is 0.109. The van der Waals surface area contributed by atoms with Crippen molar-refractivity contribution >= 4 is 56.1 Å². The average molecular weight is 1180 g/mol. The van der Waals surface area contributed by atoms with Crippen LogP contribution >= 0.6 is 0 Å². The van der Waals surface area contributed by atoms with E-state index in [9.17, 15) is 0 Å². The van der Waals surface area contributed by atoms with Crippen LogP contribution < -0.4 is 9.80 Å². The lowest BCUT2D eigenvalue weighted by molar-refractivity contribution is 0.283. The van der Waals surface area contributed by atoms with Crippen molar-refractivity contribution in [2.24, 2.45) is 22.7 Å². The Labute approximate surface area is 539 Å². The van der Waals surface area contributed by atoms with Gasteiger partial charge in [0.05, 0.1) is 11.4 Å². The molecule has 2 heteroatoms. The van der Waals surface area contributed by atoms with Gasteiger partial charge in [-0.15, -0.1) is 0 Å². The number of fused-ring (bicyclic) bond motifs is 5. The Hall–Kier alpha value is -8.46. The summed E-state index contributed by atoms with van der Waals surface area (Å²) in [5, 5.41) is 5.00. The summed E-state index contributed by atoms with van der Waals surface area (Å²) in [6.45, 7) is 37.4. The number of hydrogen-bond donors (Lipinski definition) is 0. The molecule has 90 heavy (non-hydrogen) atoms. The molecule has 2 nitrogen and oxygen atoms in total. The van der Waals surface area contributed by atoms with E-state index in [1.807, 2.05) is 0 Å². The SMILES string of the molecule is CC1=CC(C)=C(N(c2ccc(-c3ccc(-c4ccc(C(C)(C)CC(C)(C)C)cc4)cc3)cc2)c2cc3c(cc(N(c4ccc(-c5ccc(-c6ccc(C(C)(C)CC(C)(C)C)cc6)cc5)cc4)c4ccc(C)cc4C)c4ccccc43)c3c2CC(C)C=C3)C(C)C1. The van der Waals surface area contributed by atoms with E-state index in [1.165, 1.54) is 139 Å². The standard InChI is InChI=1S/C88H94N2/c1-57-22-48-81(60(4)49-57)89(73-43-35-69(36-44-73)65-27-23-63(24-28-65)67-31-39-71(40-32-67)87(13,14)55-85(7,8)9)82-53-79-76-47-21-58(2)52-80(76)83(54-78(79)75-19-17-18-20-77(75)82)90(84-61(5)50-59(3)51-62(84)6)74-45-37-70(38-46-74)66-29-25-64(26-30-66)68-33-41-72(42-34-68)88(15,16)56-86(10,11)12/h17-50,53-54,58,62H,51-52,55-56H2,1-16H3. The summed E-state index contributed by atoms with van der Waals surface area (Å²) in [5.41, 5.74) is 28.6. The third-order valence-electron chi connectivity index (χ3n) is 19.3. The van der Waals surface area contributed by atoms with Crippen LogP contribution in [0, 0.1) is 36.5 Å². The number of rotatable bonds is 14. The minimum Gasteiger partial charge on any atom is -0.313 e. The molecule has 0 heterocycles. The summed E-state index contributed by atoms with van der Waals surface area (Å²) in [4.78, 5) is 5.17. The molecule has 10 aromatic rings. The molecule has 0 aliphatic heterocycles. The fourth-order valence-corrected chi connectivity index (χ4v) is 15.9. The Morgan fingerprint density at radius 2 is 0.822 bits per heavy atom. The average Bonchev–Trinajstić information content (AvgIpc) is 0.861. The van der Waals surface area contributed by atoms with Gasteiger partial charge < -0.3 is 9.80 Å². The Balaban J connectivity index is 0.925. The van der Waals surface area contributed by atoms with Gasteiger partial charge >= 0.3 is 0 Å². The lowest BCUT2D eigenvalue weighted by Gasteiger charge is -2.38. The Kier molecular flexibility index (Phi) is 16.5. The normalized spacial score (nSPS) is 15.5. The molecule has 0 saturated carbocycles. The molecule has 0 fully saturated rings. The number of allylic oxidation sites excluding steroid dienone is 5. The van der Waals surface area contributed by atoms with Crippen molar-refractivity contribution in [3.8, 4) is 44.5 Å². The summed E-state index contributed by atoms with van der Waals surface area (Å²) in [6, 6.07) is 76.6. The second-order valence-electron chi connectivity index (χ2n) is 30.6. The summed E-state index contributed by atoms with van der Waals surface area (Å²) >= 11 is 0. The summed E-state index contributed by atoms with van der Waals surface area (Å²) in [7, 11) is 0. The molecule has 0 aromatic heterocycles. The van der Waals surface area contributed by atoms with Crippen LogP contribution in [0.15, 0.2) is 229 Å². The smallest absolute Gasteiger partial charge is 0.0546 e. The first-order valence-corrected chi connectivity index (χ1v) is 33.2. The maximum atomic E-state index is 2.65. The van der Waals surface area contributed by atoms with Crippen LogP contribution in [0.1, 0.15) is 150 Å². The molecule has 0 N–H and O–H groups in total. The van der Waals surface area contributed by atoms with Crippen LogP contribution in [0.5, 0.6) is 0 Å². The van der Waals surface area contributed by atoms with Crippen molar-refractivity contribution in [3.05, 3.63) is 263 Å². The van der Waals surface area contributed by atoms with Crippen LogP contribution in [0.25, 0.3) is 72.1 Å². The highest BCUT2D eigenvalue weighted by molar-refractivity contribution is 6.18. The number of hydrogen-bond acceptors (Lipinski definition) is 2. The quantitative estimate of drug-likeness (QED) is 0.100. The Bertz CT molecular complexity index is 4380. The fourth-order valence-electron chi connectivity index (χ4n) is 15.9. The topological polar surface area (TPSA) is 6.48 Å². The van der Waals surface area contributed by atoms with Crippen LogP contribution in [0.4, 0.5) is 28.4 Å². The van der Waals surface area contributed by atoms with Crippen molar-refractivity contribution < 1.29 is 0 Å². The van der Waals surface area contributed by atoms with Gasteiger partial charge in [-0.25, -0.2) is 0 Å². The first-order valence-electron chi connectivity index (χ1n) is 33.2. The van der Waals surface area contributed by atoms with Gasteiger partial charge in [-0.1, -0.05) is 270 Å². The summed E-state index contributed by atoms with van der Waals surface area (Å²) in [5.74, 6) is 0.697. The van der Waals surface area contributed by atoms with Gasteiger partial charge in [0.15, 0.2) is 0 Å². The number of benzene rings is 10. The van der Waals surface area contributed by atoms with Crippen molar-refractivity contribution in [3.63, 3.8) is 0 Å². The highest BCUT2D eigenvalue weighted by Gasteiger charge is 2.32. The third kappa shape index (κ3) is 12.7. The van der Waals surface area contributed by atoms with Gasteiger partial charge in [0.1, 0.15) is 0 Å². The second-order valence-corrected chi connectivity index (χ2v) is 30.6. The van der Waals surface area contributed by atoms with Gasteiger partial charge in [0, 0.05) is 34.1 Å². The monoisotopic (exact) mass is 1180 g/mol. The number of nitrogens with zero attached hydrogens (tertiary/aromatic N) is 2. The van der Waals surface area contributed by atoms with E-state index in [2.05, 4.69) is 339 Å². The molecule has 0 spiro atoms. The van der Waals surface area contributed by atoms with E-state index in [1.54, 1.807) is 0 Å². The Morgan fingerprint density at radius 1 is 0.400 bits per heavy atom. The maximum absolute atomic E-state index is 2.65. The molecular formula is C88H94N2. The number of anilines is 5. The summed E-state index contributed by atoms with van der Waals surface area (Å²) in [6.07, 6.45) is 11.5. The molecule has 2 unspecified atom stereocenters. The van der Waals surface area contributed by atoms with E-state index >= 15 is 0 Å². The van der Waals surface area contributed by atoms with Crippen LogP contribution in [0.3, 0.4) is 0 Å². The van der Waals surface area contributed by atoms with Gasteiger partial charge in [-0.2, -0.15) is 0 Å². The molecule has 2 atom stereocenters. The molecule has 12 rings (SSSR count). The molecule has 10 aromatic carbocycles. The zero-order valence-electron chi connectivity index (χ0n) is 56.7. The molecule has 0 amide bonds. The molecule has 0 bridgehead atoms. The van der Waals surface area contributed by atoms with E-state index in [0.29, 0.717) is 11.8 Å². The molecule has 0 saturated heterocycles. The van der Waals surface area contributed by atoms with E-state index in [0.717, 1.165) is 31.4 Å². The minimum atomic E-state index is 0.109. The van der Waals surface area contributed by atoms with Gasteiger partial charge in [0.2, 0.25) is 0 Å². The highest BCUT2D eigenvalue weighted by atomic mass is 15.2. The second kappa shape index (κ2) is 24.1. The first kappa shape index (κ1) is 61.8. The third-order valence-corrected chi connectivity index (χ3v) is 19.3. The van der Waals surface area contributed by atoms with Gasteiger partial charge in [-0.05, 0) is 217 Å².